The van der Waals surface area contributed by atoms with Crippen molar-refractivity contribution < 1.29 is 0 Å². The van der Waals surface area contributed by atoms with Crippen LogP contribution in [0, 0.1) is 0 Å². The molecule has 0 fully saturated rings. The monoisotopic (exact) mass is 705 g/mol. The standard InChI is InChI=1S/C45H28BN9/c1-2-13-29(14-3-1)52-34-17-5-4-16-32(34)46-33-21-26-50-42-40-31-15-12-25-51-44(31)55(39-20-8-11-24-49-39)45(40)54(43(33)42)36-28-30(27-35(52)41(36)46)53(37-18-6-9-22-47-37)38-19-7-10-23-48-38/h1-28H. The Hall–Kier alpha value is -7.59. The Morgan fingerprint density at radius 1 is 0.509 bits per heavy atom. The van der Waals surface area contributed by atoms with Crippen molar-refractivity contribution in [1.82, 2.24) is 34.1 Å². The summed E-state index contributed by atoms with van der Waals surface area (Å²) in [6.07, 6.45) is 9.31. The smallest absolute Gasteiger partial charge is 0.252 e. The molecular weight excluding hydrogens is 677 g/mol. The molecule has 2 aliphatic rings. The van der Waals surface area contributed by atoms with Crippen LogP contribution < -0.4 is 26.2 Å². The van der Waals surface area contributed by atoms with Gasteiger partial charge in [0.05, 0.1) is 22.1 Å². The van der Waals surface area contributed by atoms with Gasteiger partial charge in [-0.15, -0.1) is 0 Å². The summed E-state index contributed by atoms with van der Waals surface area (Å²) < 4.78 is 4.60. The van der Waals surface area contributed by atoms with Crippen molar-refractivity contribution in [2.24, 2.45) is 0 Å². The van der Waals surface area contributed by atoms with Crippen LogP contribution in [-0.4, -0.2) is 40.8 Å². The summed E-state index contributed by atoms with van der Waals surface area (Å²) in [6.45, 7) is -0.0574. The summed E-state index contributed by atoms with van der Waals surface area (Å²) in [5, 5.41) is 2.07. The number of hydrogen-bond acceptors (Lipinski definition) is 7. The number of hydrogen-bond donors (Lipinski definition) is 0. The van der Waals surface area contributed by atoms with Crippen molar-refractivity contribution in [2.45, 2.75) is 0 Å². The van der Waals surface area contributed by atoms with E-state index in [0.29, 0.717) is 0 Å². The summed E-state index contributed by atoms with van der Waals surface area (Å²) in [4.78, 5) is 29.3. The van der Waals surface area contributed by atoms with Gasteiger partial charge in [-0.3, -0.25) is 19.0 Å². The van der Waals surface area contributed by atoms with Gasteiger partial charge in [-0.1, -0.05) is 54.6 Å². The third-order valence-corrected chi connectivity index (χ3v) is 10.9. The second-order valence-corrected chi connectivity index (χ2v) is 13.8. The predicted octanol–water partition coefficient (Wildman–Crippen LogP) is 7.79. The minimum Gasteiger partial charge on any atom is -0.311 e. The van der Waals surface area contributed by atoms with E-state index in [1.807, 2.05) is 91.6 Å². The minimum atomic E-state index is -0.0574. The Bertz CT molecular complexity index is 3070. The van der Waals surface area contributed by atoms with Crippen LogP contribution in [-0.2, 0) is 0 Å². The highest BCUT2D eigenvalue weighted by atomic mass is 15.3. The van der Waals surface area contributed by atoms with E-state index in [-0.39, 0.29) is 6.71 Å². The third kappa shape index (κ3) is 4.16. The lowest BCUT2D eigenvalue weighted by atomic mass is 9.34. The molecule has 9 nitrogen and oxygen atoms in total. The molecule has 3 aromatic carbocycles. The Balaban J connectivity index is 1.29. The average Bonchev–Trinajstić information content (AvgIpc) is 3.77. The molecule has 0 atom stereocenters. The third-order valence-electron chi connectivity index (χ3n) is 10.9. The van der Waals surface area contributed by atoms with Crippen molar-refractivity contribution in [3.8, 4) is 11.5 Å². The number of pyridine rings is 5. The molecule has 12 rings (SSSR count). The minimum absolute atomic E-state index is 0.0574. The first-order valence-corrected chi connectivity index (χ1v) is 18.3. The van der Waals surface area contributed by atoms with Crippen molar-refractivity contribution in [2.75, 3.05) is 9.80 Å². The van der Waals surface area contributed by atoms with E-state index in [2.05, 4.69) is 97.8 Å². The molecule has 0 N–H and O–H groups in total. The van der Waals surface area contributed by atoms with E-state index < -0.39 is 0 Å². The van der Waals surface area contributed by atoms with E-state index in [4.69, 9.17) is 24.9 Å². The van der Waals surface area contributed by atoms with Crippen molar-refractivity contribution >= 4 is 90.6 Å². The first-order valence-electron chi connectivity index (χ1n) is 18.3. The molecule has 0 saturated carbocycles. The number of anilines is 6. The highest BCUT2D eigenvalue weighted by Gasteiger charge is 2.43. The zero-order valence-electron chi connectivity index (χ0n) is 29.3. The maximum atomic E-state index is 5.16. The van der Waals surface area contributed by atoms with Gasteiger partial charge in [0.25, 0.3) is 6.71 Å². The van der Waals surface area contributed by atoms with Crippen molar-refractivity contribution in [1.29, 1.82) is 0 Å². The van der Waals surface area contributed by atoms with E-state index in [1.54, 1.807) is 0 Å². The van der Waals surface area contributed by atoms with E-state index in [9.17, 15) is 0 Å². The van der Waals surface area contributed by atoms with Gasteiger partial charge in [-0.05, 0) is 101 Å². The van der Waals surface area contributed by atoms with Crippen LogP contribution in [0.3, 0.4) is 0 Å². The van der Waals surface area contributed by atoms with Gasteiger partial charge < -0.3 is 4.90 Å². The lowest BCUT2D eigenvalue weighted by Gasteiger charge is -2.41. The van der Waals surface area contributed by atoms with E-state index in [1.165, 1.54) is 16.4 Å². The van der Waals surface area contributed by atoms with Gasteiger partial charge >= 0.3 is 0 Å². The largest absolute Gasteiger partial charge is 0.311 e. The summed E-state index contributed by atoms with van der Waals surface area (Å²) in [6, 6.07) is 48.4. The number of benzene rings is 3. The summed E-state index contributed by atoms with van der Waals surface area (Å²) in [5.41, 5.74) is 12.7. The topological polar surface area (TPSA) is 80.8 Å². The van der Waals surface area contributed by atoms with Crippen LogP contribution >= 0.6 is 0 Å². The molecule has 0 bridgehead atoms. The number of nitrogens with zero attached hydrogens (tertiary/aromatic N) is 9. The van der Waals surface area contributed by atoms with Crippen LogP contribution in [0.5, 0.6) is 0 Å². The van der Waals surface area contributed by atoms with Crippen molar-refractivity contribution in [3.05, 3.63) is 171 Å². The van der Waals surface area contributed by atoms with Crippen LogP contribution in [0.2, 0.25) is 0 Å². The van der Waals surface area contributed by atoms with Crippen molar-refractivity contribution in [3.63, 3.8) is 0 Å². The molecule has 10 heteroatoms. The second-order valence-electron chi connectivity index (χ2n) is 13.8. The molecule has 0 spiro atoms. The van der Waals surface area contributed by atoms with Gasteiger partial charge in [0.15, 0.2) is 0 Å². The molecule has 7 aromatic heterocycles. The molecule has 0 radical (unpaired) electrons. The fourth-order valence-electron chi connectivity index (χ4n) is 8.87. The van der Waals surface area contributed by atoms with Crippen LogP contribution in [0.1, 0.15) is 0 Å². The Labute approximate surface area is 315 Å². The normalized spacial score (nSPS) is 12.7. The Morgan fingerprint density at radius 3 is 1.98 bits per heavy atom. The summed E-state index contributed by atoms with van der Waals surface area (Å²) in [7, 11) is 0. The predicted molar refractivity (Wildman–Crippen MR) is 221 cm³/mol. The number of fused-ring (bicyclic) bond motifs is 9. The number of para-hydroxylation sites is 2. The van der Waals surface area contributed by atoms with Crippen LogP contribution in [0.15, 0.2) is 171 Å². The molecule has 9 heterocycles. The van der Waals surface area contributed by atoms with Gasteiger partial charge in [0, 0.05) is 59.1 Å². The first kappa shape index (κ1) is 29.9. The SMILES string of the molecule is c1ccc(N2c3ccccc3B3c4c2cc(N(c2ccccn2)c2ccccn2)cc4-n2c4c3ccnc4c3c4cccnc4n(-c4ccccn4)c32)cc1. The fraction of sp³-hybridized carbons (Fsp3) is 0. The van der Waals surface area contributed by atoms with E-state index in [0.717, 1.165) is 79.0 Å². The second kappa shape index (κ2) is 11.5. The van der Waals surface area contributed by atoms with Gasteiger partial charge in [0.2, 0.25) is 0 Å². The zero-order valence-corrected chi connectivity index (χ0v) is 29.3. The molecule has 10 aromatic rings. The van der Waals surface area contributed by atoms with Gasteiger partial charge in [0.1, 0.15) is 28.7 Å². The molecular formula is C45H28BN9. The highest BCUT2D eigenvalue weighted by molar-refractivity contribution is 7.00. The number of rotatable bonds is 5. The number of aromatic nitrogens is 7. The molecule has 0 aliphatic carbocycles. The molecule has 0 saturated heterocycles. The Morgan fingerprint density at radius 2 is 1.22 bits per heavy atom. The summed E-state index contributed by atoms with van der Waals surface area (Å²) >= 11 is 0. The van der Waals surface area contributed by atoms with E-state index >= 15 is 0 Å². The van der Waals surface area contributed by atoms with Gasteiger partial charge in [-0.2, -0.15) is 0 Å². The Kier molecular flexibility index (Phi) is 6.24. The molecule has 0 amide bonds. The maximum absolute atomic E-state index is 5.16. The summed E-state index contributed by atoms with van der Waals surface area (Å²) in [5.74, 6) is 2.31. The molecule has 0 unspecified atom stereocenters. The molecule has 55 heavy (non-hydrogen) atoms. The highest BCUT2D eigenvalue weighted by Crippen LogP contribution is 2.46. The van der Waals surface area contributed by atoms with Crippen LogP contribution in [0.25, 0.3) is 44.6 Å². The zero-order chi connectivity index (χ0) is 36.0. The fourth-order valence-corrected chi connectivity index (χ4v) is 8.87. The lowest BCUT2D eigenvalue weighted by molar-refractivity contribution is 1.01. The quantitative estimate of drug-likeness (QED) is 0.169. The molecule has 256 valence electrons. The first-order chi connectivity index (χ1) is 27.3. The van der Waals surface area contributed by atoms with Crippen LogP contribution in [0.4, 0.5) is 34.4 Å². The molecule has 2 aliphatic heterocycles. The lowest BCUT2D eigenvalue weighted by Crippen LogP contribution is -2.60. The average molecular weight is 706 g/mol. The maximum Gasteiger partial charge on any atom is 0.252 e. The van der Waals surface area contributed by atoms with Gasteiger partial charge in [-0.25, -0.2) is 19.9 Å².